The number of hydrogen-bond acceptors (Lipinski definition) is 6. The second-order valence-corrected chi connectivity index (χ2v) is 13.2. The fourth-order valence-corrected chi connectivity index (χ4v) is 6.78. The van der Waals surface area contributed by atoms with Gasteiger partial charge in [0.2, 0.25) is 17.7 Å². The van der Waals surface area contributed by atoms with Gasteiger partial charge in [-0.3, -0.25) is 19.3 Å². The molecule has 0 atom stereocenters. The Morgan fingerprint density at radius 2 is 1.65 bits per heavy atom. The molecule has 6 rings (SSSR count). The maximum Gasteiger partial charge on any atom is 0.244 e. The smallest absolute Gasteiger partial charge is 0.244 e. The molecule has 0 spiro atoms. The van der Waals surface area contributed by atoms with Gasteiger partial charge in [-0.25, -0.2) is 4.98 Å². The summed E-state index contributed by atoms with van der Waals surface area (Å²) < 4.78 is 0. The van der Waals surface area contributed by atoms with Crippen LogP contribution in [0.1, 0.15) is 53.1 Å². The maximum absolute atomic E-state index is 14.4. The van der Waals surface area contributed by atoms with Crippen molar-refractivity contribution in [3.63, 3.8) is 0 Å². The van der Waals surface area contributed by atoms with Crippen molar-refractivity contribution in [2.45, 2.75) is 52.2 Å². The molecule has 0 saturated carbocycles. The van der Waals surface area contributed by atoms with Gasteiger partial charge in [0.1, 0.15) is 12.4 Å². The number of pyridine rings is 1. The Bertz CT molecular complexity index is 1770. The molecule has 3 N–H and O–H groups in total. The van der Waals surface area contributed by atoms with Crippen LogP contribution in [0.25, 0.3) is 0 Å². The van der Waals surface area contributed by atoms with E-state index in [4.69, 9.17) is 0 Å². The molecule has 2 aliphatic rings. The number of piperidine rings is 1. The van der Waals surface area contributed by atoms with E-state index in [0.29, 0.717) is 31.0 Å². The Morgan fingerprint density at radius 3 is 2.42 bits per heavy atom. The van der Waals surface area contributed by atoms with E-state index in [9.17, 15) is 14.4 Å². The quantitative estimate of drug-likeness (QED) is 0.220. The van der Waals surface area contributed by atoms with Crippen molar-refractivity contribution in [1.29, 1.82) is 0 Å². The molecule has 0 aliphatic carbocycles. The minimum atomic E-state index is -0.577. The molecule has 1 saturated heterocycles. The summed E-state index contributed by atoms with van der Waals surface area (Å²) >= 11 is 0. The highest BCUT2D eigenvalue weighted by molar-refractivity contribution is 5.96. The molecule has 48 heavy (non-hydrogen) atoms. The Labute approximate surface area is 282 Å². The minimum Gasteiger partial charge on any atom is -0.329 e. The molecule has 9 nitrogen and oxygen atoms in total. The number of carbonyl (C=O) groups excluding carboxylic acids is 3. The molecule has 3 heterocycles. The lowest BCUT2D eigenvalue weighted by molar-refractivity contribution is -0.146. The number of hydrogen-bond donors (Lipinski definition) is 3. The Kier molecular flexibility index (Phi) is 10.3. The molecule has 0 radical (unpaired) electrons. The molecule has 9 heteroatoms. The second kappa shape index (κ2) is 14.9. The van der Waals surface area contributed by atoms with E-state index in [2.05, 4.69) is 56.2 Å². The van der Waals surface area contributed by atoms with E-state index in [1.807, 2.05) is 68.6 Å². The van der Waals surface area contributed by atoms with Crippen LogP contribution in [0.4, 0.5) is 11.5 Å². The van der Waals surface area contributed by atoms with Crippen LogP contribution in [0.5, 0.6) is 0 Å². The van der Waals surface area contributed by atoms with Crippen LogP contribution in [0.15, 0.2) is 91.1 Å². The van der Waals surface area contributed by atoms with Gasteiger partial charge >= 0.3 is 0 Å². The van der Waals surface area contributed by atoms with E-state index in [-0.39, 0.29) is 30.7 Å². The van der Waals surface area contributed by atoms with Crippen molar-refractivity contribution in [3.8, 4) is 0 Å². The number of rotatable bonds is 10. The maximum atomic E-state index is 14.4. The van der Waals surface area contributed by atoms with Crippen LogP contribution < -0.4 is 16.0 Å². The molecule has 1 aromatic heterocycles. The van der Waals surface area contributed by atoms with Crippen LogP contribution in [0, 0.1) is 5.41 Å². The zero-order valence-corrected chi connectivity index (χ0v) is 27.8. The lowest BCUT2D eigenvalue weighted by Gasteiger charge is -2.41. The third-order valence-corrected chi connectivity index (χ3v) is 9.56. The fourth-order valence-electron chi connectivity index (χ4n) is 6.78. The number of nitrogens with one attached hydrogen (secondary N) is 3. The van der Waals surface area contributed by atoms with Crippen molar-refractivity contribution in [2.24, 2.45) is 5.41 Å². The first-order valence-electron chi connectivity index (χ1n) is 16.7. The van der Waals surface area contributed by atoms with E-state index in [1.165, 1.54) is 5.56 Å². The number of anilines is 2. The third kappa shape index (κ3) is 7.98. The molecule has 3 amide bonds. The summed E-state index contributed by atoms with van der Waals surface area (Å²) in [6, 6.07) is 28.0. The first-order valence-corrected chi connectivity index (χ1v) is 16.7. The number of benzene rings is 3. The molecule has 0 bridgehead atoms. The lowest BCUT2D eigenvalue weighted by Crippen LogP contribution is -2.50. The van der Waals surface area contributed by atoms with Crippen LogP contribution in [0.2, 0.25) is 0 Å². The third-order valence-electron chi connectivity index (χ3n) is 9.56. The first-order chi connectivity index (χ1) is 23.3. The number of amides is 3. The number of likely N-dealkylation sites (tertiary alicyclic amines) is 1. The largest absolute Gasteiger partial charge is 0.329 e. The molecule has 2 aliphatic heterocycles. The summed E-state index contributed by atoms with van der Waals surface area (Å²) in [7, 11) is 1.90. The van der Waals surface area contributed by atoms with E-state index >= 15 is 0 Å². The van der Waals surface area contributed by atoms with Gasteiger partial charge in [0.15, 0.2) is 0 Å². The van der Waals surface area contributed by atoms with Gasteiger partial charge < -0.3 is 20.9 Å². The van der Waals surface area contributed by atoms with E-state index in [1.54, 1.807) is 11.1 Å². The minimum absolute atomic E-state index is 0.00148. The molecule has 248 valence electrons. The van der Waals surface area contributed by atoms with Crippen LogP contribution >= 0.6 is 0 Å². The highest BCUT2D eigenvalue weighted by Gasteiger charge is 2.40. The normalized spacial score (nSPS) is 15.7. The molecule has 0 unspecified atom stereocenters. The average Bonchev–Trinajstić information content (AvgIpc) is 3.08. The number of nitrogens with zero attached hydrogens (tertiary/aromatic N) is 3. The molecule has 1 fully saturated rings. The fraction of sp³-hybridized carbons (Fsp3) is 0.333. The van der Waals surface area contributed by atoms with Crippen molar-refractivity contribution < 1.29 is 14.4 Å². The predicted octanol–water partition coefficient (Wildman–Crippen LogP) is 5.16. The standard InChI is InChI=1S/C39H44N6O3/c1-39(16-19-44(20-17-39)25-28-9-4-3-5-10-28)38(48)45(26-32-12-7-6-11-31(32)24-40-2)27-36(47)42-34-15-14-29-21-30-13-8-18-41-37(30)43-35(46)23-33(29)22-34/h3-15,18,22,40H,16-17,19-21,23-27H2,1-2H3,(H,42,47)(H,41,43,46). The SMILES string of the molecule is CNCc1ccccc1CN(CC(=O)Nc1ccc2c(c1)CC(=O)Nc1ncccc1C2)C(=O)C1(C)CCN(Cc2ccccc2)CC1. The van der Waals surface area contributed by atoms with Crippen molar-refractivity contribution in [1.82, 2.24) is 20.1 Å². The van der Waals surface area contributed by atoms with Crippen molar-refractivity contribution >= 4 is 29.2 Å². The van der Waals surface area contributed by atoms with Gasteiger partial charge in [0.05, 0.1) is 6.42 Å². The topological polar surface area (TPSA) is 107 Å². The van der Waals surface area contributed by atoms with Crippen LogP contribution in [-0.4, -0.2) is 59.2 Å². The molecular weight excluding hydrogens is 600 g/mol. The van der Waals surface area contributed by atoms with Gasteiger partial charge in [-0.05, 0) is 84.6 Å². The summed E-state index contributed by atoms with van der Waals surface area (Å²) in [6.07, 6.45) is 3.92. The zero-order chi connectivity index (χ0) is 33.5. The summed E-state index contributed by atoms with van der Waals surface area (Å²) in [4.78, 5) is 49.3. The summed E-state index contributed by atoms with van der Waals surface area (Å²) in [6.45, 7) is 5.47. The number of fused-ring (bicyclic) bond motifs is 2. The summed E-state index contributed by atoms with van der Waals surface area (Å²) in [5.41, 5.74) is 6.20. The van der Waals surface area contributed by atoms with Crippen LogP contribution in [-0.2, 0) is 46.9 Å². The monoisotopic (exact) mass is 644 g/mol. The molecule has 3 aromatic carbocycles. The Balaban J connectivity index is 1.18. The molecule has 4 aromatic rings. The predicted molar refractivity (Wildman–Crippen MR) is 188 cm³/mol. The van der Waals surface area contributed by atoms with Crippen LogP contribution in [0.3, 0.4) is 0 Å². The summed E-state index contributed by atoms with van der Waals surface area (Å²) in [5.74, 6) is 0.157. The van der Waals surface area contributed by atoms with Gasteiger partial charge in [-0.2, -0.15) is 0 Å². The van der Waals surface area contributed by atoms with Gasteiger partial charge in [0.25, 0.3) is 0 Å². The average molecular weight is 645 g/mol. The zero-order valence-electron chi connectivity index (χ0n) is 27.8. The first kappa shape index (κ1) is 33.1. The highest BCUT2D eigenvalue weighted by Crippen LogP contribution is 2.34. The number of carbonyl (C=O) groups is 3. The number of aromatic nitrogens is 1. The lowest BCUT2D eigenvalue weighted by atomic mass is 9.78. The van der Waals surface area contributed by atoms with Crippen molar-refractivity contribution in [3.05, 3.63) is 125 Å². The Hall–Kier alpha value is -4.86. The highest BCUT2D eigenvalue weighted by atomic mass is 16.2. The van der Waals surface area contributed by atoms with Gasteiger partial charge in [-0.1, -0.05) is 73.7 Å². The van der Waals surface area contributed by atoms with E-state index in [0.717, 1.165) is 60.3 Å². The van der Waals surface area contributed by atoms with Crippen molar-refractivity contribution in [2.75, 3.05) is 37.3 Å². The van der Waals surface area contributed by atoms with E-state index < -0.39 is 5.41 Å². The van der Waals surface area contributed by atoms with Gasteiger partial charge in [-0.15, -0.1) is 0 Å². The van der Waals surface area contributed by atoms with Gasteiger partial charge in [0, 0.05) is 43.4 Å². The second-order valence-electron chi connectivity index (χ2n) is 13.2. The summed E-state index contributed by atoms with van der Waals surface area (Å²) in [5, 5.41) is 9.14. The Morgan fingerprint density at radius 1 is 0.896 bits per heavy atom. The molecular formula is C39H44N6O3.